The highest BCUT2D eigenvalue weighted by Crippen LogP contribution is 2.39. The summed E-state index contributed by atoms with van der Waals surface area (Å²) in [5, 5.41) is 0. The Kier molecular flexibility index (Phi) is 9.74. The fourth-order valence-electron chi connectivity index (χ4n) is 4.43. The molecule has 4 aromatic rings. The number of unbranched alkanes of at least 4 members (excludes halogenated alkanes) is 5. The largest absolute Gasteiger partial charge is 0.513 e. The van der Waals surface area contributed by atoms with E-state index < -0.39 is 6.16 Å². The molecule has 4 rings (SSSR count). The van der Waals surface area contributed by atoms with Crippen LogP contribution in [0.25, 0.3) is 22.3 Å². The molecule has 0 saturated heterocycles. The van der Waals surface area contributed by atoms with E-state index in [2.05, 4.69) is 48.5 Å². The van der Waals surface area contributed by atoms with E-state index in [4.69, 9.17) is 9.47 Å². The van der Waals surface area contributed by atoms with Crippen molar-refractivity contribution >= 4 is 6.16 Å². The van der Waals surface area contributed by atoms with E-state index in [9.17, 15) is 4.79 Å². The van der Waals surface area contributed by atoms with Crippen LogP contribution >= 0.6 is 0 Å². The van der Waals surface area contributed by atoms with E-state index in [-0.39, 0.29) is 0 Å². The summed E-state index contributed by atoms with van der Waals surface area (Å²) < 4.78 is 11.1. The molecule has 0 unspecified atom stereocenters. The minimum Gasteiger partial charge on any atom is -0.434 e. The fraction of sp³-hybridized carbons (Fsp3) is 0.242. The van der Waals surface area contributed by atoms with Gasteiger partial charge in [-0.3, -0.25) is 0 Å². The minimum atomic E-state index is -0.653. The average molecular weight is 479 g/mol. The number of rotatable bonds is 12. The lowest BCUT2D eigenvalue weighted by molar-refractivity contribution is 0.0975. The first kappa shape index (κ1) is 25.2. The van der Waals surface area contributed by atoms with Crippen LogP contribution in [0.15, 0.2) is 109 Å². The first-order valence-electron chi connectivity index (χ1n) is 12.9. The van der Waals surface area contributed by atoms with Crippen LogP contribution in [0.4, 0.5) is 4.79 Å². The van der Waals surface area contributed by atoms with Crippen LogP contribution in [-0.4, -0.2) is 12.8 Å². The Labute approximate surface area is 214 Å². The second kappa shape index (κ2) is 13.9. The number of ether oxygens (including phenoxy) is 2. The van der Waals surface area contributed by atoms with Gasteiger partial charge in [-0.25, -0.2) is 4.79 Å². The molecule has 0 amide bonds. The van der Waals surface area contributed by atoms with Gasteiger partial charge in [-0.05, 0) is 47.6 Å². The maximum Gasteiger partial charge on any atom is 0.513 e. The molecule has 0 aliphatic carbocycles. The summed E-state index contributed by atoms with van der Waals surface area (Å²) in [6, 6.07) is 36.6. The Hall–Kier alpha value is -3.85. The highest BCUT2D eigenvalue weighted by atomic mass is 16.7. The van der Waals surface area contributed by atoms with Crippen molar-refractivity contribution in [2.75, 3.05) is 6.61 Å². The molecule has 4 aromatic carbocycles. The predicted octanol–water partition coefficient (Wildman–Crippen LogP) is 9.12. The molecule has 0 N–H and O–H groups in total. The van der Waals surface area contributed by atoms with Gasteiger partial charge < -0.3 is 9.47 Å². The number of benzene rings is 4. The summed E-state index contributed by atoms with van der Waals surface area (Å²) in [6.07, 6.45) is 7.22. The number of aryl methyl sites for hydroxylation is 1. The second-order valence-corrected chi connectivity index (χ2v) is 8.97. The van der Waals surface area contributed by atoms with Crippen LogP contribution in [0.5, 0.6) is 5.75 Å². The minimum absolute atomic E-state index is 0.377. The molecule has 0 aliphatic heterocycles. The van der Waals surface area contributed by atoms with E-state index in [1.807, 2.05) is 60.7 Å². The summed E-state index contributed by atoms with van der Waals surface area (Å²) in [4.78, 5) is 12.5. The highest BCUT2D eigenvalue weighted by molar-refractivity contribution is 5.88. The topological polar surface area (TPSA) is 35.5 Å². The van der Waals surface area contributed by atoms with Gasteiger partial charge in [0.25, 0.3) is 0 Å². The fourth-order valence-corrected chi connectivity index (χ4v) is 4.43. The quantitative estimate of drug-likeness (QED) is 0.116. The van der Waals surface area contributed by atoms with Crippen LogP contribution in [0.2, 0.25) is 0 Å². The van der Waals surface area contributed by atoms with Crippen LogP contribution < -0.4 is 4.74 Å². The standard InChI is InChI=1S/C33H34O3/c34-33(35-26-15-4-2-1-3-8-17-27-18-9-5-10-19-27)36-31-25-16-24-30(28-20-11-6-12-21-28)32(31)29-22-13-7-14-23-29/h5-7,9-14,16,18-25H,1-4,8,15,17,26H2. The van der Waals surface area contributed by atoms with Crippen LogP contribution in [-0.2, 0) is 11.2 Å². The third-order valence-electron chi connectivity index (χ3n) is 6.29. The number of hydrogen-bond donors (Lipinski definition) is 0. The lowest BCUT2D eigenvalue weighted by atomic mass is 9.94. The summed E-state index contributed by atoms with van der Waals surface area (Å²) in [6.45, 7) is 0.377. The lowest BCUT2D eigenvalue weighted by Crippen LogP contribution is -2.12. The molecule has 0 radical (unpaired) electrons. The van der Waals surface area contributed by atoms with Crippen LogP contribution in [0.1, 0.15) is 44.1 Å². The van der Waals surface area contributed by atoms with Gasteiger partial charge in [0.05, 0.1) is 6.61 Å². The highest BCUT2D eigenvalue weighted by Gasteiger charge is 2.16. The number of hydrogen-bond acceptors (Lipinski definition) is 3. The average Bonchev–Trinajstić information content (AvgIpc) is 2.93. The summed E-state index contributed by atoms with van der Waals surface area (Å²) in [5.74, 6) is 0.506. The first-order valence-corrected chi connectivity index (χ1v) is 12.9. The van der Waals surface area contributed by atoms with Crippen molar-refractivity contribution in [3.05, 3.63) is 115 Å². The maximum atomic E-state index is 12.5. The summed E-state index contributed by atoms with van der Waals surface area (Å²) >= 11 is 0. The predicted molar refractivity (Wildman–Crippen MR) is 147 cm³/mol. The van der Waals surface area contributed by atoms with Gasteiger partial charge in [-0.2, -0.15) is 0 Å². The molecule has 3 heteroatoms. The zero-order valence-electron chi connectivity index (χ0n) is 20.8. The van der Waals surface area contributed by atoms with Crippen molar-refractivity contribution in [2.24, 2.45) is 0 Å². The zero-order valence-corrected chi connectivity index (χ0v) is 20.8. The molecule has 0 aliphatic rings. The van der Waals surface area contributed by atoms with E-state index >= 15 is 0 Å². The van der Waals surface area contributed by atoms with Gasteiger partial charge in [0.2, 0.25) is 0 Å². The van der Waals surface area contributed by atoms with E-state index in [0.717, 1.165) is 47.9 Å². The molecule has 0 fully saturated rings. The van der Waals surface area contributed by atoms with E-state index in [1.54, 1.807) is 0 Å². The Morgan fingerprint density at radius 1 is 0.556 bits per heavy atom. The van der Waals surface area contributed by atoms with Gasteiger partial charge in [-0.1, -0.05) is 129 Å². The van der Waals surface area contributed by atoms with Crippen molar-refractivity contribution in [1.82, 2.24) is 0 Å². The Bertz CT molecular complexity index is 1190. The summed E-state index contributed by atoms with van der Waals surface area (Å²) in [7, 11) is 0. The molecular formula is C33H34O3. The maximum absolute atomic E-state index is 12.5. The molecule has 3 nitrogen and oxygen atoms in total. The first-order chi connectivity index (χ1) is 17.8. The van der Waals surface area contributed by atoms with Crippen LogP contribution in [0.3, 0.4) is 0 Å². The van der Waals surface area contributed by atoms with Gasteiger partial charge in [0, 0.05) is 5.56 Å². The molecule has 0 spiro atoms. The summed E-state index contributed by atoms with van der Waals surface area (Å²) in [5.41, 5.74) is 5.37. The Morgan fingerprint density at radius 3 is 1.83 bits per heavy atom. The van der Waals surface area contributed by atoms with Gasteiger partial charge in [-0.15, -0.1) is 0 Å². The molecule has 0 heterocycles. The third kappa shape index (κ3) is 7.58. The van der Waals surface area contributed by atoms with Gasteiger partial charge in [0.15, 0.2) is 0 Å². The number of carbonyl (C=O) groups excluding carboxylic acids is 1. The molecule has 184 valence electrons. The Morgan fingerprint density at radius 2 is 1.14 bits per heavy atom. The lowest BCUT2D eigenvalue weighted by Gasteiger charge is -2.15. The molecule has 0 atom stereocenters. The molecule has 0 aromatic heterocycles. The van der Waals surface area contributed by atoms with Crippen molar-refractivity contribution in [3.63, 3.8) is 0 Å². The van der Waals surface area contributed by atoms with Crippen molar-refractivity contribution in [2.45, 2.75) is 44.9 Å². The second-order valence-electron chi connectivity index (χ2n) is 8.97. The van der Waals surface area contributed by atoms with Crippen molar-refractivity contribution in [1.29, 1.82) is 0 Å². The monoisotopic (exact) mass is 478 g/mol. The van der Waals surface area contributed by atoms with Gasteiger partial charge in [0.1, 0.15) is 5.75 Å². The zero-order chi connectivity index (χ0) is 24.8. The molecule has 0 saturated carbocycles. The molecule has 36 heavy (non-hydrogen) atoms. The molecule has 0 bridgehead atoms. The normalized spacial score (nSPS) is 10.7. The van der Waals surface area contributed by atoms with E-state index in [1.165, 1.54) is 24.8 Å². The van der Waals surface area contributed by atoms with Crippen molar-refractivity contribution < 1.29 is 14.3 Å². The smallest absolute Gasteiger partial charge is 0.434 e. The molecular weight excluding hydrogens is 444 g/mol. The third-order valence-corrected chi connectivity index (χ3v) is 6.29. The SMILES string of the molecule is O=C(OCCCCCCCCc1ccccc1)Oc1cccc(-c2ccccc2)c1-c1ccccc1. The van der Waals surface area contributed by atoms with E-state index in [0.29, 0.717) is 12.4 Å². The Balaban J connectivity index is 1.25. The number of carbonyl (C=O) groups is 1. The van der Waals surface area contributed by atoms with Gasteiger partial charge >= 0.3 is 6.16 Å². The van der Waals surface area contributed by atoms with Crippen molar-refractivity contribution in [3.8, 4) is 28.0 Å². The van der Waals surface area contributed by atoms with Crippen LogP contribution in [0, 0.1) is 0 Å².